The number of unbranched alkanes of at least 4 members (excludes halogenated alkanes) is 1. The lowest BCUT2D eigenvalue weighted by molar-refractivity contribution is 0.0514. The van der Waals surface area contributed by atoms with E-state index in [0.29, 0.717) is 11.3 Å². The van der Waals surface area contributed by atoms with Crippen molar-refractivity contribution < 1.29 is 14.4 Å². The zero-order valence-corrected chi connectivity index (χ0v) is 15.5. The second-order valence-corrected chi connectivity index (χ2v) is 7.15. The number of likely N-dealkylation sites (N-methyl/N-ethyl adjacent to an activating group) is 1. The van der Waals surface area contributed by atoms with E-state index in [2.05, 4.69) is 43.2 Å². The molecule has 0 saturated carbocycles. The summed E-state index contributed by atoms with van der Waals surface area (Å²) in [5.74, 6) is 0.0418. The number of nitrogens with one attached hydrogen (secondary N) is 1. The van der Waals surface area contributed by atoms with Crippen LogP contribution in [0.25, 0.3) is 0 Å². The zero-order chi connectivity index (χ0) is 17.8. The standard InChI is InChI=1S/C17H31N3O3/c1-8-9-10-20(7)17(5,6)16(3,4)18-15(22)14-12(2)13(11-21)23-19-14/h21H,8-11H2,1-7H3,(H,18,22). The van der Waals surface area contributed by atoms with Crippen molar-refractivity contribution in [3.8, 4) is 0 Å². The minimum absolute atomic E-state index is 0.231. The summed E-state index contributed by atoms with van der Waals surface area (Å²) in [6.07, 6.45) is 2.25. The Morgan fingerprint density at radius 1 is 1.35 bits per heavy atom. The van der Waals surface area contributed by atoms with Crippen LogP contribution in [-0.4, -0.2) is 45.7 Å². The van der Waals surface area contributed by atoms with Gasteiger partial charge in [-0.15, -0.1) is 0 Å². The number of rotatable bonds is 8. The molecule has 1 aromatic rings. The Balaban J connectivity index is 2.91. The molecule has 0 saturated heterocycles. The molecule has 23 heavy (non-hydrogen) atoms. The number of carbonyl (C=O) groups excluding carboxylic acids is 1. The van der Waals surface area contributed by atoms with Gasteiger partial charge in [0.05, 0.1) is 5.54 Å². The van der Waals surface area contributed by atoms with Gasteiger partial charge in [-0.3, -0.25) is 9.69 Å². The van der Waals surface area contributed by atoms with Gasteiger partial charge in [-0.1, -0.05) is 18.5 Å². The molecule has 1 heterocycles. The maximum Gasteiger partial charge on any atom is 0.274 e. The van der Waals surface area contributed by atoms with Crippen LogP contribution in [-0.2, 0) is 6.61 Å². The molecule has 2 N–H and O–H groups in total. The summed E-state index contributed by atoms with van der Waals surface area (Å²) in [4.78, 5) is 14.8. The predicted molar refractivity (Wildman–Crippen MR) is 90.3 cm³/mol. The first-order chi connectivity index (χ1) is 10.6. The fourth-order valence-corrected chi connectivity index (χ4v) is 2.38. The van der Waals surface area contributed by atoms with E-state index in [9.17, 15) is 4.79 Å². The summed E-state index contributed by atoms with van der Waals surface area (Å²) in [6, 6.07) is 0. The van der Waals surface area contributed by atoms with E-state index in [1.54, 1.807) is 6.92 Å². The predicted octanol–water partition coefficient (Wildman–Crippen LogP) is 2.49. The maximum atomic E-state index is 12.6. The van der Waals surface area contributed by atoms with Crippen LogP contribution in [0.3, 0.4) is 0 Å². The molecule has 1 rings (SSSR count). The van der Waals surface area contributed by atoms with Gasteiger partial charge in [0, 0.05) is 11.1 Å². The van der Waals surface area contributed by atoms with Crippen LogP contribution in [0.2, 0.25) is 0 Å². The van der Waals surface area contributed by atoms with E-state index in [1.807, 2.05) is 13.8 Å². The van der Waals surface area contributed by atoms with E-state index < -0.39 is 5.54 Å². The minimum atomic E-state index is -0.475. The van der Waals surface area contributed by atoms with Crippen molar-refractivity contribution in [2.45, 2.75) is 72.1 Å². The Labute approximate surface area is 139 Å². The number of carbonyl (C=O) groups is 1. The number of hydrogen-bond donors (Lipinski definition) is 2. The summed E-state index contributed by atoms with van der Waals surface area (Å²) in [5.41, 5.74) is 0.0965. The normalized spacial score (nSPS) is 12.7. The van der Waals surface area contributed by atoms with E-state index in [1.165, 1.54) is 0 Å². The average Bonchev–Trinajstić information content (AvgIpc) is 2.84. The lowest BCUT2D eigenvalue weighted by Gasteiger charge is -2.48. The molecule has 132 valence electrons. The third-order valence-electron chi connectivity index (χ3n) is 5.14. The summed E-state index contributed by atoms with van der Waals surface area (Å²) < 4.78 is 5.00. The Morgan fingerprint density at radius 3 is 2.43 bits per heavy atom. The highest BCUT2D eigenvalue weighted by atomic mass is 16.5. The topological polar surface area (TPSA) is 78.6 Å². The molecule has 6 heteroatoms. The highest BCUT2D eigenvalue weighted by Crippen LogP contribution is 2.28. The fraction of sp³-hybridized carbons (Fsp3) is 0.765. The lowest BCUT2D eigenvalue weighted by Crippen LogP contribution is -2.64. The molecule has 0 radical (unpaired) electrons. The molecule has 0 atom stereocenters. The number of hydrogen-bond acceptors (Lipinski definition) is 5. The molecule has 0 unspecified atom stereocenters. The minimum Gasteiger partial charge on any atom is -0.388 e. The average molecular weight is 325 g/mol. The van der Waals surface area contributed by atoms with E-state index in [-0.39, 0.29) is 23.7 Å². The van der Waals surface area contributed by atoms with Gasteiger partial charge in [-0.2, -0.15) is 0 Å². The first kappa shape index (κ1) is 19.6. The molecule has 1 aromatic heterocycles. The summed E-state index contributed by atoms with van der Waals surface area (Å²) in [5, 5.41) is 16.0. The third-order valence-corrected chi connectivity index (χ3v) is 5.14. The molecule has 1 amide bonds. The van der Waals surface area contributed by atoms with Crippen molar-refractivity contribution in [1.29, 1.82) is 0 Å². The van der Waals surface area contributed by atoms with Crippen LogP contribution in [0.15, 0.2) is 4.52 Å². The number of aliphatic hydroxyl groups is 1. The number of aliphatic hydroxyl groups excluding tert-OH is 1. The highest BCUT2D eigenvalue weighted by molar-refractivity contribution is 5.94. The molecule has 0 spiro atoms. The van der Waals surface area contributed by atoms with Gasteiger partial charge in [-0.05, 0) is 54.6 Å². The summed E-state index contributed by atoms with van der Waals surface area (Å²) in [7, 11) is 2.08. The molecule has 0 aliphatic rings. The summed E-state index contributed by atoms with van der Waals surface area (Å²) >= 11 is 0. The van der Waals surface area contributed by atoms with Gasteiger partial charge in [0.2, 0.25) is 0 Å². The maximum absolute atomic E-state index is 12.6. The lowest BCUT2D eigenvalue weighted by atomic mass is 9.80. The quantitative estimate of drug-likeness (QED) is 0.768. The second-order valence-electron chi connectivity index (χ2n) is 7.15. The molecule has 6 nitrogen and oxygen atoms in total. The molecule has 0 aliphatic heterocycles. The Hall–Kier alpha value is -1.40. The Morgan fingerprint density at radius 2 is 1.96 bits per heavy atom. The van der Waals surface area contributed by atoms with Crippen molar-refractivity contribution >= 4 is 5.91 Å². The van der Waals surface area contributed by atoms with Crippen LogP contribution < -0.4 is 5.32 Å². The molecule has 0 aliphatic carbocycles. The van der Waals surface area contributed by atoms with Crippen molar-refractivity contribution in [2.75, 3.05) is 13.6 Å². The number of nitrogens with zero attached hydrogens (tertiary/aromatic N) is 2. The van der Waals surface area contributed by atoms with Crippen LogP contribution in [0.1, 0.15) is 69.3 Å². The van der Waals surface area contributed by atoms with Crippen molar-refractivity contribution in [3.63, 3.8) is 0 Å². The fourth-order valence-electron chi connectivity index (χ4n) is 2.38. The first-order valence-corrected chi connectivity index (χ1v) is 8.18. The highest BCUT2D eigenvalue weighted by Gasteiger charge is 2.41. The first-order valence-electron chi connectivity index (χ1n) is 8.18. The SMILES string of the molecule is CCCCN(C)C(C)(C)C(C)(C)NC(=O)c1noc(CO)c1C. The molecule has 0 fully saturated rings. The number of amides is 1. The summed E-state index contributed by atoms with van der Waals surface area (Å²) in [6.45, 7) is 12.9. The number of aromatic nitrogens is 1. The smallest absolute Gasteiger partial charge is 0.274 e. The van der Waals surface area contributed by atoms with Crippen molar-refractivity contribution in [1.82, 2.24) is 15.4 Å². The Bertz CT molecular complexity index is 535. The van der Waals surface area contributed by atoms with Gasteiger partial charge in [0.25, 0.3) is 5.91 Å². The largest absolute Gasteiger partial charge is 0.388 e. The van der Waals surface area contributed by atoms with Gasteiger partial charge in [-0.25, -0.2) is 0 Å². The third kappa shape index (κ3) is 4.12. The van der Waals surface area contributed by atoms with Gasteiger partial charge in [0.15, 0.2) is 11.5 Å². The van der Waals surface area contributed by atoms with Gasteiger partial charge < -0.3 is 14.9 Å². The molecular formula is C17H31N3O3. The zero-order valence-electron chi connectivity index (χ0n) is 15.5. The van der Waals surface area contributed by atoms with Crippen LogP contribution >= 0.6 is 0 Å². The van der Waals surface area contributed by atoms with Crippen molar-refractivity contribution in [2.24, 2.45) is 0 Å². The van der Waals surface area contributed by atoms with E-state index in [4.69, 9.17) is 9.63 Å². The monoisotopic (exact) mass is 325 g/mol. The molecular weight excluding hydrogens is 294 g/mol. The van der Waals surface area contributed by atoms with E-state index >= 15 is 0 Å². The van der Waals surface area contributed by atoms with Crippen LogP contribution in [0.5, 0.6) is 0 Å². The van der Waals surface area contributed by atoms with Crippen LogP contribution in [0, 0.1) is 6.92 Å². The van der Waals surface area contributed by atoms with Crippen molar-refractivity contribution in [3.05, 3.63) is 17.0 Å². The Kier molecular flexibility index (Phi) is 6.36. The molecule has 0 aromatic carbocycles. The van der Waals surface area contributed by atoms with Gasteiger partial charge >= 0.3 is 0 Å². The second kappa shape index (κ2) is 7.45. The van der Waals surface area contributed by atoms with Crippen LogP contribution in [0.4, 0.5) is 0 Å². The van der Waals surface area contributed by atoms with E-state index in [0.717, 1.165) is 19.4 Å². The van der Waals surface area contributed by atoms with Gasteiger partial charge in [0.1, 0.15) is 6.61 Å². The molecule has 0 bridgehead atoms.